The zero-order valence-corrected chi connectivity index (χ0v) is 16.0. The molecule has 2 heterocycles. The molecule has 0 bridgehead atoms. The standard InChI is InChI=1S/C19H20N4O5/c1-11-5-7-13(8-6-11)16(25)12(2)28-14(24)9-23-10-20-17-15(23)18(26)22(4)19(27)21(17)3/h5-8,10,12H,9H2,1-4H3/t12-/m1/s1. The zero-order valence-electron chi connectivity index (χ0n) is 16.0. The summed E-state index contributed by atoms with van der Waals surface area (Å²) in [5, 5.41) is 0. The van der Waals surface area contributed by atoms with Crippen molar-refractivity contribution in [2.24, 2.45) is 14.1 Å². The van der Waals surface area contributed by atoms with E-state index in [1.165, 1.54) is 36.5 Å². The molecule has 3 aromatic rings. The van der Waals surface area contributed by atoms with Crippen LogP contribution in [0.4, 0.5) is 0 Å². The van der Waals surface area contributed by atoms with Gasteiger partial charge in [0.15, 0.2) is 17.3 Å². The van der Waals surface area contributed by atoms with Crippen LogP contribution in [0, 0.1) is 6.92 Å². The third-order valence-electron chi connectivity index (χ3n) is 4.53. The van der Waals surface area contributed by atoms with Crippen molar-refractivity contribution in [3.63, 3.8) is 0 Å². The minimum atomic E-state index is -0.975. The Balaban J connectivity index is 1.80. The number of aromatic nitrogens is 4. The van der Waals surface area contributed by atoms with Gasteiger partial charge in [0.05, 0.1) is 6.33 Å². The molecule has 9 nitrogen and oxygen atoms in total. The summed E-state index contributed by atoms with van der Waals surface area (Å²) in [7, 11) is 2.84. The predicted molar refractivity (Wildman–Crippen MR) is 101 cm³/mol. The van der Waals surface area contributed by atoms with Gasteiger partial charge in [0.25, 0.3) is 5.56 Å². The van der Waals surface area contributed by atoms with E-state index in [4.69, 9.17) is 4.74 Å². The predicted octanol–water partition coefficient (Wildman–Crippen LogP) is 0.557. The Morgan fingerprint density at radius 2 is 1.75 bits per heavy atom. The number of benzene rings is 1. The molecule has 3 rings (SSSR count). The van der Waals surface area contributed by atoms with E-state index in [0.29, 0.717) is 5.56 Å². The van der Waals surface area contributed by atoms with Crippen LogP contribution in [-0.2, 0) is 30.2 Å². The summed E-state index contributed by atoms with van der Waals surface area (Å²) in [6.07, 6.45) is 0.316. The van der Waals surface area contributed by atoms with Gasteiger partial charge in [-0.2, -0.15) is 0 Å². The van der Waals surface area contributed by atoms with Crippen LogP contribution >= 0.6 is 0 Å². The molecule has 0 spiro atoms. The molecule has 146 valence electrons. The fraction of sp³-hybridized carbons (Fsp3) is 0.316. The first kappa shape index (κ1) is 19.3. The van der Waals surface area contributed by atoms with E-state index in [1.807, 2.05) is 6.92 Å². The van der Waals surface area contributed by atoms with Crippen LogP contribution in [0.3, 0.4) is 0 Å². The van der Waals surface area contributed by atoms with Gasteiger partial charge in [-0.25, -0.2) is 9.78 Å². The number of carbonyl (C=O) groups excluding carboxylic acids is 2. The molecule has 1 atom stereocenters. The van der Waals surface area contributed by atoms with E-state index in [0.717, 1.165) is 10.1 Å². The first-order valence-corrected chi connectivity index (χ1v) is 8.62. The minimum absolute atomic E-state index is 0.110. The molecule has 0 unspecified atom stereocenters. The van der Waals surface area contributed by atoms with E-state index in [1.54, 1.807) is 24.3 Å². The Morgan fingerprint density at radius 3 is 2.39 bits per heavy atom. The zero-order chi connectivity index (χ0) is 20.6. The molecule has 0 saturated heterocycles. The highest BCUT2D eigenvalue weighted by Gasteiger charge is 2.21. The van der Waals surface area contributed by atoms with Crippen molar-refractivity contribution < 1.29 is 14.3 Å². The maximum absolute atomic E-state index is 12.4. The summed E-state index contributed by atoms with van der Waals surface area (Å²) >= 11 is 0. The van der Waals surface area contributed by atoms with Crippen molar-refractivity contribution in [3.05, 3.63) is 62.6 Å². The topological polar surface area (TPSA) is 105 Å². The molecule has 0 fully saturated rings. The summed E-state index contributed by atoms with van der Waals surface area (Å²) in [6, 6.07) is 6.96. The Labute approximate surface area is 159 Å². The smallest absolute Gasteiger partial charge is 0.332 e. The van der Waals surface area contributed by atoms with Gasteiger partial charge in [-0.15, -0.1) is 0 Å². The van der Waals surface area contributed by atoms with Crippen LogP contribution in [0.5, 0.6) is 0 Å². The Morgan fingerprint density at radius 1 is 1.11 bits per heavy atom. The van der Waals surface area contributed by atoms with Crippen molar-refractivity contribution in [1.29, 1.82) is 0 Å². The lowest BCUT2D eigenvalue weighted by molar-refractivity contribution is -0.146. The van der Waals surface area contributed by atoms with E-state index >= 15 is 0 Å². The number of hydrogen-bond acceptors (Lipinski definition) is 6. The number of esters is 1. The van der Waals surface area contributed by atoms with Gasteiger partial charge in [0.2, 0.25) is 5.78 Å². The van der Waals surface area contributed by atoms with Crippen LogP contribution < -0.4 is 11.2 Å². The summed E-state index contributed by atoms with van der Waals surface area (Å²) < 4.78 is 8.70. The molecular weight excluding hydrogens is 364 g/mol. The van der Waals surface area contributed by atoms with Crippen molar-refractivity contribution in [3.8, 4) is 0 Å². The molecule has 1 aromatic carbocycles. The second kappa shape index (κ2) is 7.26. The number of nitrogens with zero attached hydrogens (tertiary/aromatic N) is 4. The van der Waals surface area contributed by atoms with Crippen LogP contribution in [-0.4, -0.2) is 36.5 Å². The number of Topliss-reactive ketones (excluding diaryl/α,β-unsaturated/α-hetero) is 1. The van der Waals surface area contributed by atoms with E-state index in [2.05, 4.69) is 4.98 Å². The Kier molecular flexibility index (Phi) is 5.00. The second-order valence-electron chi connectivity index (χ2n) is 6.61. The van der Waals surface area contributed by atoms with E-state index in [-0.39, 0.29) is 23.5 Å². The lowest BCUT2D eigenvalue weighted by Gasteiger charge is -2.13. The molecule has 0 aliphatic rings. The fourth-order valence-corrected chi connectivity index (χ4v) is 2.90. The van der Waals surface area contributed by atoms with Crippen molar-refractivity contribution in [2.75, 3.05) is 0 Å². The average molecular weight is 384 g/mol. The van der Waals surface area contributed by atoms with Gasteiger partial charge in [-0.05, 0) is 13.8 Å². The van der Waals surface area contributed by atoms with Gasteiger partial charge in [-0.3, -0.25) is 23.5 Å². The number of fused-ring (bicyclic) bond motifs is 1. The monoisotopic (exact) mass is 384 g/mol. The van der Waals surface area contributed by atoms with Crippen molar-refractivity contribution >= 4 is 22.9 Å². The molecule has 2 aromatic heterocycles. The fourth-order valence-electron chi connectivity index (χ4n) is 2.90. The van der Waals surface area contributed by atoms with Crippen LogP contribution in [0.15, 0.2) is 40.2 Å². The average Bonchev–Trinajstić information content (AvgIpc) is 3.08. The molecule has 9 heteroatoms. The number of aryl methyl sites for hydroxylation is 2. The number of carbonyl (C=O) groups is 2. The quantitative estimate of drug-likeness (QED) is 0.470. The summed E-state index contributed by atoms with van der Waals surface area (Å²) in [6.45, 7) is 3.09. The summed E-state index contributed by atoms with van der Waals surface area (Å²) in [5.41, 5.74) is 0.672. The third kappa shape index (κ3) is 3.38. The number of hydrogen-bond donors (Lipinski definition) is 0. The minimum Gasteiger partial charge on any atom is -0.453 e. The highest BCUT2D eigenvalue weighted by Crippen LogP contribution is 2.10. The molecule has 0 N–H and O–H groups in total. The lowest BCUT2D eigenvalue weighted by atomic mass is 10.1. The summed E-state index contributed by atoms with van der Waals surface area (Å²) in [4.78, 5) is 53.1. The third-order valence-corrected chi connectivity index (χ3v) is 4.53. The number of ether oxygens (including phenoxy) is 1. The molecule has 0 amide bonds. The van der Waals surface area contributed by atoms with E-state index in [9.17, 15) is 19.2 Å². The van der Waals surface area contributed by atoms with Crippen molar-refractivity contribution in [1.82, 2.24) is 18.7 Å². The normalized spacial score (nSPS) is 12.1. The number of rotatable bonds is 5. The SMILES string of the molecule is Cc1ccc(C(=O)[C@@H](C)OC(=O)Cn2cnc3c2c(=O)n(C)c(=O)n3C)cc1. The van der Waals surface area contributed by atoms with Gasteiger partial charge < -0.3 is 9.30 Å². The molecule has 0 aliphatic heterocycles. The first-order valence-electron chi connectivity index (χ1n) is 8.62. The van der Waals surface area contributed by atoms with Crippen LogP contribution in [0.1, 0.15) is 22.8 Å². The lowest BCUT2D eigenvalue weighted by Crippen LogP contribution is -2.37. The van der Waals surface area contributed by atoms with Gasteiger partial charge in [0.1, 0.15) is 6.54 Å². The van der Waals surface area contributed by atoms with Crippen LogP contribution in [0.25, 0.3) is 11.2 Å². The molecular formula is C19H20N4O5. The highest BCUT2D eigenvalue weighted by atomic mass is 16.5. The molecule has 0 aliphatic carbocycles. The number of imidazole rings is 1. The maximum Gasteiger partial charge on any atom is 0.332 e. The molecule has 0 saturated carbocycles. The molecule has 28 heavy (non-hydrogen) atoms. The van der Waals surface area contributed by atoms with Crippen LogP contribution in [0.2, 0.25) is 0 Å². The molecule has 0 radical (unpaired) electrons. The highest BCUT2D eigenvalue weighted by molar-refractivity contribution is 6.00. The first-order chi connectivity index (χ1) is 13.2. The largest absolute Gasteiger partial charge is 0.453 e. The van der Waals surface area contributed by atoms with E-state index < -0.39 is 23.3 Å². The second-order valence-corrected chi connectivity index (χ2v) is 6.61. The van der Waals surface area contributed by atoms with Crippen molar-refractivity contribution in [2.45, 2.75) is 26.5 Å². The van der Waals surface area contributed by atoms with Gasteiger partial charge >= 0.3 is 11.7 Å². The maximum atomic E-state index is 12.4. The summed E-state index contributed by atoms with van der Waals surface area (Å²) in [5.74, 6) is -1.01. The van der Waals surface area contributed by atoms with Gasteiger partial charge in [-0.1, -0.05) is 29.8 Å². The Hall–Kier alpha value is -3.49. The number of ketones is 1. The Bertz CT molecular complexity index is 1180. The van der Waals surface area contributed by atoms with Gasteiger partial charge in [0, 0.05) is 19.7 Å².